The molecule has 6 nitrogen and oxygen atoms in total. The van der Waals surface area contributed by atoms with Gasteiger partial charge >= 0.3 is 0 Å². The standard InChI is InChI=1S/C22H21FN4O2/c1-12-5-4-6-15(11-12)21(28)24-19-18(14-7-9-16(23)10-8-14)17-13(2)26-27(3)20(17)25-22(19)29/h4-11,18-19H,1-3H3,(H,24,28)(H,25,29)/t18-,19+/m1/s1. The molecule has 2 aromatic carbocycles. The van der Waals surface area contributed by atoms with E-state index in [9.17, 15) is 14.0 Å². The molecular weight excluding hydrogens is 371 g/mol. The molecule has 2 atom stereocenters. The lowest BCUT2D eigenvalue weighted by Crippen LogP contribution is -2.50. The maximum absolute atomic E-state index is 13.5. The van der Waals surface area contributed by atoms with E-state index in [1.165, 1.54) is 12.1 Å². The van der Waals surface area contributed by atoms with Gasteiger partial charge in [0.1, 0.15) is 17.7 Å². The van der Waals surface area contributed by atoms with E-state index in [4.69, 9.17) is 0 Å². The number of amides is 2. The molecule has 2 heterocycles. The highest BCUT2D eigenvalue weighted by Crippen LogP contribution is 2.39. The molecule has 1 aliphatic heterocycles. The van der Waals surface area contributed by atoms with Gasteiger partial charge in [-0.25, -0.2) is 4.39 Å². The van der Waals surface area contributed by atoms with Gasteiger partial charge in [-0.3, -0.25) is 14.3 Å². The van der Waals surface area contributed by atoms with E-state index in [0.29, 0.717) is 11.4 Å². The summed E-state index contributed by atoms with van der Waals surface area (Å²) in [4.78, 5) is 25.8. The normalized spacial score (nSPS) is 18.1. The van der Waals surface area contributed by atoms with Crippen molar-refractivity contribution in [1.82, 2.24) is 15.1 Å². The van der Waals surface area contributed by atoms with Crippen LogP contribution >= 0.6 is 0 Å². The minimum atomic E-state index is -0.858. The summed E-state index contributed by atoms with van der Waals surface area (Å²) in [6.07, 6.45) is 0. The molecule has 0 bridgehead atoms. The Kier molecular flexibility index (Phi) is 4.66. The van der Waals surface area contributed by atoms with Gasteiger partial charge in [0.05, 0.1) is 5.69 Å². The predicted molar refractivity (Wildman–Crippen MR) is 107 cm³/mol. The number of halogens is 1. The maximum Gasteiger partial charge on any atom is 0.251 e. The summed E-state index contributed by atoms with van der Waals surface area (Å²) in [5.74, 6) is -0.941. The van der Waals surface area contributed by atoms with Crippen molar-refractivity contribution < 1.29 is 14.0 Å². The van der Waals surface area contributed by atoms with E-state index in [0.717, 1.165) is 22.4 Å². The molecule has 1 aromatic heterocycles. The number of carbonyl (C=O) groups is 2. The number of nitrogens with zero attached hydrogens (tertiary/aromatic N) is 2. The molecule has 0 fully saturated rings. The molecule has 148 valence electrons. The highest BCUT2D eigenvalue weighted by Gasteiger charge is 2.41. The van der Waals surface area contributed by atoms with Gasteiger partial charge in [-0.15, -0.1) is 0 Å². The van der Waals surface area contributed by atoms with Crippen LogP contribution in [-0.4, -0.2) is 27.6 Å². The van der Waals surface area contributed by atoms with Crippen LogP contribution in [-0.2, 0) is 11.8 Å². The number of aromatic nitrogens is 2. The lowest BCUT2D eigenvalue weighted by atomic mass is 9.82. The van der Waals surface area contributed by atoms with Crippen molar-refractivity contribution in [2.45, 2.75) is 25.8 Å². The van der Waals surface area contributed by atoms with Gasteiger partial charge in [0.25, 0.3) is 5.91 Å². The Morgan fingerprint density at radius 3 is 2.59 bits per heavy atom. The van der Waals surface area contributed by atoms with Gasteiger partial charge in [0, 0.05) is 24.1 Å². The summed E-state index contributed by atoms with van der Waals surface area (Å²) >= 11 is 0. The number of nitrogens with one attached hydrogen (secondary N) is 2. The Morgan fingerprint density at radius 2 is 1.90 bits per heavy atom. The molecule has 1 aliphatic rings. The third kappa shape index (κ3) is 3.40. The topological polar surface area (TPSA) is 76.0 Å². The van der Waals surface area contributed by atoms with Crippen molar-refractivity contribution in [3.63, 3.8) is 0 Å². The molecule has 29 heavy (non-hydrogen) atoms. The van der Waals surface area contributed by atoms with Crippen LogP contribution in [0.2, 0.25) is 0 Å². The fourth-order valence-corrected chi connectivity index (χ4v) is 3.90. The fourth-order valence-electron chi connectivity index (χ4n) is 3.90. The molecular formula is C22H21FN4O2. The highest BCUT2D eigenvalue weighted by molar-refractivity contribution is 6.03. The Labute approximate surface area is 167 Å². The molecule has 0 saturated heterocycles. The third-order valence-electron chi connectivity index (χ3n) is 5.23. The van der Waals surface area contributed by atoms with Crippen molar-refractivity contribution in [3.8, 4) is 0 Å². The van der Waals surface area contributed by atoms with Crippen LogP contribution in [0.4, 0.5) is 10.2 Å². The molecule has 0 spiro atoms. The van der Waals surface area contributed by atoms with Gasteiger partial charge in [-0.1, -0.05) is 29.8 Å². The number of hydrogen-bond acceptors (Lipinski definition) is 3. The first-order valence-corrected chi connectivity index (χ1v) is 9.32. The zero-order chi connectivity index (χ0) is 20.7. The van der Waals surface area contributed by atoms with Crippen LogP contribution in [0.5, 0.6) is 0 Å². The average Bonchev–Trinajstić information content (AvgIpc) is 2.96. The van der Waals surface area contributed by atoms with Crippen molar-refractivity contribution in [3.05, 3.63) is 82.3 Å². The number of anilines is 1. The summed E-state index contributed by atoms with van der Waals surface area (Å²) in [6, 6.07) is 12.3. The van der Waals surface area contributed by atoms with Crippen LogP contribution in [0, 0.1) is 19.7 Å². The first-order valence-electron chi connectivity index (χ1n) is 9.32. The quantitative estimate of drug-likeness (QED) is 0.719. The van der Waals surface area contributed by atoms with E-state index in [-0.39, 0.29) is 17.6 Å². The van der Waals surface area contributed by atoms with Crippen molar-refractivity contribution in [1.29, 1.82) is 0 Å². The third-order valence-corrected chi connectivity index (χ3v) is 5.23. The Bertz CT molecular complexity index is 1100. The van der Waals surface area contributed by atoms with Gasteiger partial charge in [0.15, 0.2) is 0 Å². The van der Waals surface area contributed by atoms with Gasteiger partial charge < -0.3 is 10.6 Å². The monoisotopic (exact) mass is 392 g/mol. The second kappa shape index (κ2) is 7.16. The fraction of sp³-hybridized carbons (Fsp3) is 0.227. The number of hydrogen-bond donors (Lipinski definition) is 2. The van der Waals surface area contributed by atoms with E-state index in [1.807, 2.05) is 19.9 Å². The van der Waals surface area contributed by atoms with Gasteiger partial charge in [0.2, 0.25) is 5.91 Å². The first kappa shape index (κ1) is 18.9. The second-order valence-corrected chi connectivity index (χ2v) is 7.31. The lowest BCUT2D eigenvalue weighted by Gasteiger charge is -2.32. The van der Waals surface area contributed by atoms with Crippen LogP contribution in [0.25, 0.3) is 0 Å². The number of rotatable bonds is 3. The Morgan fingerprint density at radius 1 is 1.17 bits per heavy atom. The van der Waals surface area contributed by atoms with E-state index < -0.39 is 12.0 Å². The molecule has 4 rings (SSSR count). The Balaban J connectivity index is 1.78. The van der Waals surface area contributed by atoms with E-state index in [2.05, 4.69) is 15.7 Å². The summed E-state index contributed by atoms with van der Waals surface area (Å²) in [5.41, 5.74) is 3.71. The van der Waals surface area contributed by atoms with Crippen molar-refractivity contribution in [2.75, 3.05) is 5.32 Å². The largest absolute Gasteiger partial charge is 0.339 e. The summed E-state index contributed by atoms with van der Waals surface area (Å²) in [5, 5.41) is 10.1. The van der Waals surface area contributed by atoms with Gasteiger partial charge in [-0.05, 0) is 43.7 Å². The van der Waals surface area contributed by atoms with Crippen LogP contribution in [0.15, 0.2) is 48.5 Å². The number of carbonyl (C=O) groups excluding carboxylic acids is 2. The zero-order valence-electron chi connectivity index (χ0n) is 16.4. The van der Waals surface area contributed by atoms with E-state index >= 15 is 0 Å². The molecule has 2 amide bonds. The Hall–Kier alpha value is -3.48. The predicted octanol–water partition coefficient (Wildman–Crippen LogP) is 3.06. The summed E-state index contributed by atoms with van der Waals surface area (Å²) < 4.78 is 15.1. The van der Waals surface area contributed by atoms with Gasteiger partial charge in [-0.2, -0.15) is 5.10 Å². The minimum Gasteiger partial charge on any atom is -0.339 e. The van der Waals surface area contributed by atoms with E-state index in [1.54, 1.807) is 42.1 Å². The molecule has 0 unspecified atom stereocenters. The van der Waals surface area contributed by atoms with Crippen LogP contribution < -0.4 is 10.6 Å². The summed E-state index contributed by atoms with van der Waals surface area (Å²) in [7, 11) is 1.75. The minimum absolute atomic E-state index is 0.337. The van der Waals surface area contributed by atoms with Crippen molar-refractivity contribution >= 4 is 17.6 Å². The molecule has 0 saturated carbocycles. The zero-order valence-corrected chi connectivity index (χ0v) is 16.4. The highest BCUT2D eigenvalue weighted by atomic mass is 19.1. The molecule has 7 heteroatoms. The average molecular weight is 392 g/mol. The summed E-state index contributed by atoms with van der Waals surface area (Å²) in [6.45, 7) is 3.75. The number of aryl methyl sites for hydroxylation is 3. The molecule has 0 aliphatic carbocycles. The number of benzene rings is 2. The molecule has 3 aromatic rings. The first-order chi connectivity index (χ1) is 13.8. The smallest absolute Gasteiger partial charge is 0.251 e. The molecule has 0 radical (unpaired) electrons. The maximum atomic E-state index is 13.5. The number of fused-ring (bicyclic) bond motifs is 1. The lowest BCUT2D eigenvalue weighted by molar-refractivity contribution is -0.118. The van der Waals surface area contributed by atoms with Crippen LogP contribution in [0.1, 0.15) is 38.7 Å². The van der Waals surface area contributed by atoms with Crippen LogP contribution in [0.3, 0.4) is 0 Å². The SMILES string of the molecule is Cc1cccc(C(=O)N[C@@H]2C(=O)Nc3c(c(C)nn3C)[C@H]2c2ccc(F)cc2)c1. The second-order valence-electron chi connectivity index (χ2n) is 7.31. The van der Waals surface area contributed by atoms with Crippen molar-refractivity contribution in [2.24, 2.45) is 7.05 Å². The molecule has 2 N–H and O–H groups in total.